The molecule has 3 atom stereocenters. The lowest BCUT2D eigenvalue weighted by atomic mass is 9.96. The molecule has 1 aliphatic rings. The highest BCUT2D eigenvalue weighted by Gasteiger charge is 2.31. The zero-order valence-corrected chi connectivity index (χ0v) is 15.6. The first-order valence-electron chi connectivity index (χ1n) is 8.34. The summed E-state index contributed by atoms with van der Waals surface area (Å²) in [4.78, 5) is 14.8. The summed E-state index contributed by atoms with van der Waals surface area (Å²) in [5.74, 6) is 0.0798. The van der Waals surface area contributed by atoms with Crippen LogP contribution in [0.25, 0.3) is 0 Å². The third kappa shape index (κ3) is 4.87. The molecule has 0 bridgehead atoms. The van der Waals surface area contributed by atoms with Crippen LogP contribution in [-0.4, -0.2) is 43.6 Å². The summed E-state index contributed by atoms with van der Waals surface area (Å²) >= 11 is 0. The van der Waals surface area contributed by atoms with Crippen molar-refractivity contribution in [3.8, 4) is 0 Å². The first-order valence-corrected chi connectivity index (χ1v) is 10.2. The van der Waals surface area contributed by atoms with E-state index in [2.05, 4.69) is 23.9 Å². The zero-order valence-electron chi connectivity index (χ0n) is 14.7. The Labute approximate surface area is 144 Å². The van der Waals surface area contributed by atoms with E-state index < -0.39 is 10.0 Å². The van der Waals surface area contributed by atoms with Crippen molar-refractivity contribution in [2.45, 2.75) is 58.2 Å². The van der Waals surface area contributed by atoms with Crippen LogP contribution in [0.15, 0.2) is 24.3 Å². The third-order valence-electron chi connectivity index (χ3n) is 4.37. The highest BCUT2D eigenvalue weighted by atomic mass is 32.2. The second-order valence-electron chi connectivity index (χ2n) is 6.70. The Kier molecular flexibility index (Phi) is 5.74. The number of carbonyl (C=O) groups is 1. The van der Waals surface area contributed by atoms with Crippen LogP contribution in [0.1, 0.15) is 40.0 Å². The summed E-state index contributed by atoms with van der Waals surface area (Å²) in [5, 5.41) is 3.18. The fraction of sp³-hybridized carbons (Fsp3) is 0.588. The molecule has 0 aromatic heterocycles. The van der Waals surface area contributed by atoms with Gasteiger partial charge in [0.05, 0.1) is 11.9 Å². The zero-order chi connectivity index (χ0) is 17.9. The number of rotatable bonds is 5. The fourth-order valence-electron chi connectivity index (χ4n) is 3.28. The van der Waals surface area contributed by atoms with Gasteiger partial charge in [-0.1, -0.05) is 6.07 Å². The first kappa shape index (κ1) is 18.6. The molecule has 0 spiro atoms. The summed E-state index contributed by atoms with van der Waals surface area (Å²) in [7, 11) is -3.32. The predicted octanol–water partition coefficient (Wildman–Crippen LogP) is 2.65. The van der Waals surface area contributed by atoms with Crippen LogP contribution < -0.4 is 10.0 Å². The van der Waals surface area contributed by atoms with E-state index in [1.54, 1.807) is 18.2 Å². The average molecular weight is 353 g/mol. The van der Waals surface area contributed by atoms with Gasteiger partial charge in [0.2, 0.25) is 15.9 Å². The van der Waals surface area contributed by atoms with Gasteiger partial charge >= 0.3 is 0 Å². The number of anilines is 2. The second kappa shape index (κ2) is 7.42. The average Bonchev–Trinajstić information content (AvgIpc) is 2.45. The predicted molar refractivity (Wildman–Crippen MR) is 97.6 cm³/mol. The molecule has 1 saturated heterocycles. The Balaban J connectivity index is 2.07. The van der Waals surface area contributed by atoms with Crippen molar-refractivity contribution >= 4 is 27.3 Å². The molecule has 1 fully saturated rings. The van der Waals surface area contributed by atoms with Crippen LogP contribution in [0.3, 0.4) is 0 Å². The number of hydrogen-bond donors (Lipinski definition) is 2. The van der Waals surface area contributed by atoms with Gasteiger partial charge in [0.1, 0.15) is 6.04 Å². The Hall–Kier alpha value is -1.76. The molecule has 1 aliphatic heterocycles. The Bertz CT molecular complexity index is 680. The molecule has 2 rings (SSSR count). The molecule has 0 radical (unpaired) electrons. The molecule has 0 aliphatic carbocycles. The maximum atomic E-state index is 12.8. The number of nitrogens with one attached hydrogen (secondary N) is 2. The van der Waals surface area contributed by atoms with Gasteiger partial charge in [-0.05, 0) is 58.2 Å². The molecule has 134 valence electrons. The number of nitrogens with zero attached hydrogens (tertiary/aromatic N) is 1. The summed E-state index contributed by atoms with van der Waals surface area (Å²) in [6.45, 7) is 6.03. The molecule has 24 heavy (non-hydrogen) atoms. The van der Waals surface area contributed by atoms with E-state index in [9.17, 15) is 13.2 Å². The number of carbonyl (C=O) groups excluding carboxylic acids is 1. The summed E-state index contributed by atoms with van der Waals surface area (Å²) in [6, 6.07) is 7.06. The second-order valence-corrected chi connectivity index (χ2v) is 8.44. The number of sulfonamides is 1. The van der Waals surface area contributed by atoms with E-state index in [1.165, 1.54) is 0 Å². The van der Waals surface area contributed by atoms with Crippen molar-refractivity contribution in [3.05, 3.63) is 24.3 Å². The molecule has 7 heteroatoms. The molecule has 0 saturated carbocycles. The minimum absolute atomic E-state index is 0.0798. The standard InChI is InChI=1S/C17H27N3O3S/c1-12-7-5-8-13(2)20(12)17(21)14(3)18-15-9-6-10-16(11-15)19-24(4,22)23/h6,9-14,18-19H,5,7-8H2,1-4H3/t12-,13+,14-/m0/s1. The van der Waals surface area contributed by atoms with Gasteiger partial charge in [0.25, 0.3) is 0 Å². The maximum Gasteiger partial charge on any atom is 0.245 e. The topological polar surface area (TPSA) is 78.5 Å². The van der Waals surface area contributed by atoms with Crippen LogP contribution in [0, 0.1) is 0 Å². The third-order valence-corrected chi connectivity index (χ3v) is 4.97. The number of amides is 1. The van der Waals surface area contributed by atoms with E-state index >= 15 is 0 Å². The number of likely N-dealkylation sites (tertiary alicyclic amines) is 1. The summed E-state index contributed by atoms with van der Waals surface area (Å²) in [6.07, 6.45) is 4.35. The van der Waals surface area contributed by atoms with Crippen molar-refractivity contribution in [1.29, 1.82) is 0 Å². The number of hydrogen-bond acceptors (Lipinski definition) is 4. The Morgan fingerprint density at radius 1 is 1.21 bits per heavy atom. The molecule has 6 nitrogen and oxygen atoms in total. The molecule has 2 N–H and O–H groups in total. The van der Waals surface area contributed by atoms with Crippen molar-refractivity contribution in [2.75, 3.05) is 16.3 Å². The molecule has 1 amide bonds. The van der Waals surface area contributed by atoms with E-state index in [0.29, 0.717) is 11.4 Å². The fourth-order valence-corrected chi connectivity index (χ4v) is 3.83. The molecular weight excluding hydrogens is 326 g/mol. The highest BCUT2D eigenvalue weighted by molar-refractivity contribution is 7.92. The van der Waals surface area contributed by atoms with Gasteiger partial charge in [-0.15, -0.1) is 0 Å². The molecule has 0 unspecified atom stereocenters. The van der Waals surface area contributed by atoms with Crippen LogP contribution >= 0.6 is 0 Å². The van der Waals surface area contributed by atoms with Gasteiger partial charge in [-0.3, -0.25) is 9.52 Å². The van der Waals surface area contributed by atoms with Crippen LogP contribution in [0.5, 0.6) is 0 Å². The monoisotopic (exact) mass is 353 g/mol. The highest BCUT2D eigenvalue weighted by Crippen LogP contribution is 2.24. The summed E-state index contributed by atoms with van der Waals surface area (Å²) < 4.78 is 25.1. The minimum atomic E-state index is -3.32. The van der Waals surface area contributed by atoms with E-state index in [0.717, 1.165) is 25.5 Å². The maximum absolute atomic E-state index is 12.8. The summed E-state index contributed by atoms with van der Waals surface area (Å²) in [5.41, 5.74) is 1.18. The van der Waals surface area contributed by atoms with E-state index in [-0.39, 0.29) is 24.0 Å². The lowest BCUT2D eigenvalue weighted by Gasteiger charge is -2.40. The molecule has 1 aromatic rings. The molecule has 1 heterocycles. The number of benzene rings is 1. The van der Waals surface area contributed by atoms with Crippen molar-refractivity contribution in [2.24, 2.45) is 0 Å². The van der Waals surface area contributed by atoms with Gasteiger partial charge in [-0.2, -0.15) is 0 Å². The van der Waals surface area contributed by atoms with Crippen molar-refractivity contribution < 1.29 is 13.2 Å². The SMILES string of the molecule is C[C@H](Nc1cccc(NS(C)(=O)=O)c1)C(=O)N1[C@H](C)CCC[C@@H]1C. The largest absolute Gasteiger partial charge is 0.374 e. The van der Waals surface area contributed by atoms with Crippen LogP contribution in [-0.2, 0) is 14.8 Å². The van der Waals surface area contributed by atoms with Crippen LogP contribution in [0.2, 0.25) is 0 Å². The quantitative estimate of drug-likeness (QED) is 0.853. The minimum Gasteiger partial charge on any atom is -0.374 e. The first-order chi connectivity index (χ1) is 11.2. The molecule has 1 aromatic carbocycles. The van der Waals surface area contributed by atoms with Crippen LogP contribution in [0.4, 0.5) is 11.4 Å². The molecular formula is C17H27N3O3S. The normalized spacial score (nSPS) is 22.8. The smallest absolute Gasteiger partial charge is 0.245 e. The van der Waals surface area contributed by atoms with Gasteiger partial charge in [0.15, 0.2) is 0 Å². The number of piperidine rings is 1. The lowest BCUT2D eigenvalue weighted by molar-refractivity contribution is -0.137. The Morgan fingerprint density at radius 2 is 1.79 bits per heavy atom. The Morgan fingerprint density at radius 3 is 2.38 bits per heavy atom. The van der Waals surface area contributed by atoms with E-state index in [1.807, 2.05) is 17.9 Å². The van der Waals surface area contributed by atoms with Gasteiger partial charge in [0, 0.05) is 17.8 Å². The van der Waals surface area contributed by atoms with Gasteiger partial charge < -0.3 is 10.2 Å². The van der Waals surface area contributed by atoms with Crippen molar-refractivity contribution in [1.82, 2.24) is 4.90 Å². The van der Waals surface area contributed by atoms with Gasteiger partial charge in [-0.25, -0.2) is 8.42 Å². The lowest BCUT2D eigenvalue weighted by Crippen LogP contribution is -2.52. The van der Waals surface area contributed by atoms with E-state index in [4.69, 9.17) is 0 Å². The van der Waals surface area contributed by atoms with Crippen molar-refractivity contribution in [3.63, 3.8) is 0 Å².